The highest BCUT2D eigenvalue weighted by Crippen LogP contribution is 2.36. The first-order valence-corrected chi connectivity index (χ1v) is 12.1. The number of benzene rings is 2. The number of allylic oxidation sites excluding steroid dienone is 1. The summed E-state index contributed by atoms with van der Waals surface area (Å²) in [4.78, 5) is 39.5. The quantitative estimate of drug-likeness (QED) is 0.493. The van der Waals surface area contributed by atoms with E-state index in [4.69, 9.17) is 5.73 Å². The van der Waals surface area contributed by atoms with Crippen molar-refractivity contribution in [3.05, 3.63) is 71.2 Å². The van der Waals surface area contributed by atoms with Crippen molar-refractivity contribution in [1.29, 1.82) is 0 Å². The average Bonchev–Trinajstić information content (AvgIpc) is 3.32. The number of hydrogen-bond acceptors (Lipinski definition) is 7. The highest BCUT2D eigenvalue weighted by molar-refractivity contribution is 6.00. The van der Waals surface area contributed by atoms with Gasteiger partial charge in [-0.25, -0.2) is 14.3 Å². The van der Waals surface area contributed by atoms with Gasteiger partial charge in [-0.1, -0.05) is 0 Å². The van der Waals surface area contributed by atoms with Crippen molar-refractivity contribution in [2.45, 2.75) is 32.0 Å². The van der Waals surface area contributed by atoms with Crippen LogP contribution in [0.5, 0.6) is 5.75 Å². The number of fused-ring (bicyclic) bond motifs is 1. The van der Waals surface area contributed by atoms with Gasteiger partial charge in [-0.2, -0.15) is 5.10 Å². The Hall–Kier alpha value is -4.79. The number of primary amides is 1. The summed E-state index contributed by atoms with van der Waals surface area (Å²) in [6, 6.07) is 12.2. The molecule has 3 aromatic rings. The molecule has 1 fully saturated rings. The van der Waals surface area contributed by atoms with Crippen LogP contribution < -0.4 is 20.3 Å². The Morgan fingerprint density at radius 1 is 0.872 bits per heavy atom. The molecule has 0 saturated carbocycles. The van der Waals surface area contributed by atoms with Crippen LogP contribution in [0.4, 0.5) is 24.5 Å². The van der Waals surface area contributed by atoms with E-state index < -0.39 is 18.0 Å². The smallest absolute Gasteiger partial charge is 0.406 e. The first-order valence-electron chi connectivity index (χ1n) is 12.1. The van der Waals surface area contributed by atoms with Crippen molar-refractivity contribution in [3.8, 4) is 11.4 Å². The molecular formula is C27H22F3N5O4. The Bertz CT molecular complexity index is 1520. The van der Waals surface area contributed by atoms with E-state index in [1.807, 2.05) is 41.0 Å². The summed E-state index contributed by atoms with van der Waals surface area (Å²) in [7, 11) is 0. The van der Waals surface area contributed by atoms with Gasteiger partial charge in [-0.05, 0) is 74.2 Å². The number of alkyl halides is 3. The van der Waals surface area contributed by atoms with Crippen LogP contribution >= 0.6 is 0 Å². The third-order valence-corrected chi connectivity index (χ3v) is 6.67. The maximum Gasteiger partial charge on any atom is 0.573 e. The second-order valence-electron chi connectivity index (χ2n) is 9.02. The zero-order chi connectivity index (χ0) is 27.7. The van der Waals surface area contributed by atoms with Gasteiger partial charge in [0, 0.05) is 30.0 Å². The number of aromatic nitrogens is 2. The van der Waals surface area contributed by atoms with Crippen LogP contribution in [-0.2, 0) is 16.0 Å². The van der Waals surface area contributed by atoms with E-state index in [1.54, 1.807) is 4.90 Å². The molecule has 9 nitrogen and oxygen atoms in total. The molecule has 5 rings (SSSR count). The fraction of sp³-hybridized carbons (Fsp3) is 0.259. The van der Waals surface area contributed by atoms with E-state index in [1.165, 1.54) is 16.8 Å². The molecule has 2 N–H and O–H groups in total. The maximum absolute atomic E-state index is 12.6. The molecule has 12 heteroatoms. The van der Waals surface area contributed by atoms with Crippen molar-refractivity contribution in [2.75, 3.05) is 22.9 Å². The summed E-state index contributed by atoms with van der Waals surface area (Å²) in [5, 5.41) is 4.29. The van der Waals surface area contributed by atoms with Crippen molar-refractivity contribution < 1.29 is 32.3 Å². The van der Waals surface area contributed by atoms with E-state index in [2.05, 4.69) is 9.84 Å². The number of hydrogen-bond donors (Lipinski definition) is 1. The molecule has 1 saturated heterocycles. The van der Waals surface area contributed by atoms with Crippen LogP contribution in [-0.4, -0.2) is 47.0 Å². The molecule has 1 amide bonds. The fourth-order valence-electron chi connectivity index (χ4n) is 4.96. The molecule has 0 aliphatic carbocycles. The molecule has 0 bridgehead atoms. The summed E-state index contributed by atoms with van der Waals surface area (Å²) in [6.45, 7) is 1.03. The third kappa shape index (κ3) is 5.03. The van der Waals surface area contributed by atoms with Crippen LogP contribution in [0.1, 0.15) is 41.0 Å². The molecule has 0 unspecified atom stereocenters. The summed E-state index contributed by atoms with van der Waals surface area (Å²) < 4.78 is 43.0. The highest BCUT2D eigenvalue weighted by atomic mass is 19.4. The number of nitrogens with zero attached hydrogens (tertiary/aromatic N) is 4. The van der Waals surface area contributed by atoms with Crippen LogP contribution in [0.15, 0.2) is 54.2 Å². The van der Waals surface area contributed by atoms with Crippen molar-refractivity contribution >= 4 is 34.9 Å². The van der Waals surface area contributed by atoms with Gasteiger partial charge in [0.1, 0.15) is 23.1 Å². The third-order valence-electron chi connectivity index (χ3n) is 6.67. The largest absolute Gasteiger partial charge is 0.573 e. The van der Waals surface area contributed by atoms with Crippen LogP contribution in [0.3, 0.4) is 0 Å². The Balaban J connectivity index is 1.51. The fourth-order valence-corrected chi connectivity index (χ4v) is 4.96. The van der Waals surface area contributed by atoms with Gasteiger partial charge >= 0.3 is 6.36 Å². The molecule has 3 heterocycles. The number of carbonyl (C=O) groups is 1. The summed E-state index contributed by atoms with van der Waals surface area (Å²) in [5.41, 5.74) is 8.68. The van der Waals surface area contributed by atoms with E-state index in [0.29, 0.717) is 42.9 Å². The molecule has 200 valence electrons. The predicted molar refractivity (Wildman–Crippen MR) is 136 cm³/mol. The van der Waals surface area contributed by atoms with E-state index >= 15 is 0 Å². The molecule has 1 aromatic heterocycles. The first kappa shape index (κ1) is 25.8. The van der Waals surface area contributed by atoms with Gasteiger partial charge in [0.05, 0.1) is 5.69 Å². The minimum atomic E-state index is -4.85. The van der Waals surface area contributed by atoms with Crippen LogP contribution in [0.25, 0.3) is 11.4 Å². The lowest BCUT2D eigenvalue weighted by Gasteiger charge is -2.32. The Kier molecular flexibility index (Phi) is 6.74. The molecule has 2 aliphatic heterocycles. The molecule has 39 heavy (non-hydrogen) atoms. The predicted octanol–water partition coefficient (Wildman–Crippen LogP) is 3.81. The van der Waals surface area contributed by atoms with Gasteiger partial charge in [-0.15, -0.1) is 13.2 Å². The zero-order valence-corrected chi connectivity index (χ0v) is 20.5. The number of amides is 1. The van der Waals surface area contributed by atoms with E-state index in [-0.39, 0.29) is 22.8 Å². The average molecular weight is 537 g/mol. The molecule has 0 radical (unpaired) electrons. The van der Waals surface area contributed by atoms with Gasteiger partial charge in [0.25, 0.3) is 5.91 Å². The van der Waals surface area contributed by atoms with E-state index in [9.17, 15) is 27.6 Å². The van der Waals surface area contributed by atoms with Gasteiger partial charge < -0.3 is 20.3 Å². The first-order chi connectivity index (χ1) is 18.7. The molecule has 0 spiro atoms. The molecule has 2 aromatic carbocycles. The van der Waals surface area contributed by atoms with Gasteiger partial charge in [0.15, 0.2) is 17.3 Å². The number of ether oxygens (including phenoxy) is 1. The number of anilines is 2. The number of piperidine rings is 1. The second kappa shape index (κ2) is 10.2. The van der Waals surface area contributed by atoms with Crippen LogP contribution in [0.2, 0.25) is 0 Å². The Labute approximate surface area is 220 Å². The van der Waals surface area contributed by atoms with Gasteiger partial charge in [-0.3, -0.25) is 4.79 Å². The number of halogens is 3. The SMILES string of the molecule is NC(=O)c1nn(-c2ccc(OC(F)(F)F)cc2)c2c1CCN(c1ccc(N3CCCCC3=C=O)cc1)C2=C=O. The van der Waals surface area contributed by atoms with Crippen LogP contribution in [0, 0.1) is 0 Å². The zero-order valence-electron chi connectivity index (χ0n) is 20.5. The number of nitrogens with two attached hydrogens (primary N) is 1. The summed E-state index contributed by atoms with van der Waals surface area (Å²) in [5.74, 6) is 2.74. The van der Waals surface area contributed by atoms with Crippen molar-refractivity contribution in [1.82, 2.24) is 9.78 Å². The molecular weight excluding hydrogens is 515 g/mol. The lowest BCUT2D eigenvalue weighted by molar-refractivity contribution is -0.274. The standard InChI is InChI=1S/C27H22F3N5O4/c28-27(29,30)39-21-10-8-19(9-11-21)35-25-22(24(32-35)26(31)38)12-14-34(23(25)16-37)18-6-4-17(5-7-18)33-13-2-1-3-20(33)15-36/h4-11H,1-3,12-14H2,(H2,31,38). The maximum atomic E-state index is 12.6. The lowest BCUT2D eigenvalue weighted by atomic mass is 10.00. The van der Waals surface area contributed by atoms with E-state index in [0.717, 1.165) is 30.7 Å². The molecule has 0 atom stereocenters. The minimum absolute atomic E-state index is 0.0401. The Morgan fingerprint density at radius 3 is 2.10 bits per heavy atom. The molecule has 2 aliphatic rings. The lowest BCUT2D eigenvalue weighted by Crippen LogP contribution is -2.31. The Morgan fingerprint density at radius 2 is 1.51 bits per heavy atom. The number of carbonyl (C=O) groups excluding carboxylic acids is 3. The number of rotatable bonds is 5. The minimum Gasteiger partial charge on any atom is -0.406 e. The highest BCUT2D eigenvalue weighted by Gasteiger charge is 2.34. The summed E-state index contributed by atoms with van der Waals surface area (Å²) >= 11 is 0. The van der Waals surface area contributed by atoms with Crippen molar-refractivity contribution in [2.24, 2.45) is 5.73 Å². The summed E-state index contributed by atoms with van der Waals surface area (Å²) in [6.07, 6.45) is -1.99. The second-order valence-corrected chi connectivity index (χ2v) is 9.02. The van der Waals surface area contributed by atoms with Crippen molar-refractivity contribution in [3.63, 3.8) is 0 Å². The van der Waals surface area contributed by atoms with Gasteiger partial charge in [0.2, 0.25) is 0 Å². The topological polar surface area (TPSA) is 111 Å². The monoisotopic (exact) mass is 537 g/mol. The normalized spacial score (nSPS) is 15.5.